The van der Waals surface area contributed by atoms with Gasteiger partial charge in [-0.25, -0.2) is 0 Å². The normalized spacial score (nSPS) is 38.8. The molecule has 1 aromatic carbocycles. The fraction of sp³-hybridized carbons (Fsp3) is 0.500. The number of aliphatic hydroxyl groups excluding tert-OH is 2. The third-order valence-corrected chi connectivity index (χ3v) is 5.25. The van der Waals surface area contributed by atoms with Gasteiger partial charge in [0.15, 0.2) is 11.5 Å². The highest BCUT2D eigenvalue weighted by atomic mass is 16.7. The van der Waals surface area contributed by atoms with Crippen LogP contribution in [0.3, 0.4) is 0 Å². The monoisotopic (exact) mass is 287 g/mol. The number of hydrogen-bond acceptors (Lipinski definition) is 5. The average molecular weight is 287 g/mol. The molecule has 5 rings (SSSR count). The standard InChI is InChI=1S/C16H17NO4/c18-13-2-10-11-6-17(12(10)4-14(13)19)5-8-1-15-16(3-9(8)11)21-7-20-15/h1-3,11-14,18-19H,4-7H2/t11-,12-,13-,14+/m1/s1. The lowest BCUT2D eigenvalue weighted by Crippen LogP contribution is -2.39. The van der Waals surface area contributed by atoms with Gasteiger partial charge in [-0.15, -0.1) is 0 Å². The zero-order chi connectivity index (χ0) is 14.1. The summed E-state index contributed by atoms with van der Waals surface area (Å²) in [5.41, 5.74) is 3.81. The summed E-state index contributed by atoms with van der Waals surface area (Å²) in [7, 11) is 0. The first kappa shape index (κ1) is 12.0. The van der Waals surface area contributed by atoms with Crippen LogP contribution >= 0.6 is 0 Å². The second-order valence-corrected chi connectivity index (χ2v) is 6.36. The highest BCUT2D eigenvalue weighted by Gasteiger charge is 2.46. The van der Waals surface area contributed by atoms with E-state index in [1.165, 1.54) is 16.7 Å². The van der Waals surface area contributed by atoms with Crippen LogP contribution in [0.2, 0.25) is 0 Å². The Labute approximate surface area is 122 Å². The van der Waals surface area contributed by atoms with Crippen molar-refractivity contribution in [3.8, 4) is 11.5 Å². The van der Waals surface area contributed by atoms with Gasteiger partial charge in [0.1, 0.15) is 0 Å². The summed E-state index contributed by atoms with van der Waals surface area (Å²) < 4.78 is 11.0. The van der Waals surface area contributed by atoms with Gasteiger partial charge in [-0.3, -0.25) is 4.90 Å². The molecular formula is C16H17NO4. The summed E-state index contributed by atoms with van der Waals surface area (Å²) in [6.07, 6.45) is 1.08. The van der Waals surface area contributed by atoms with Gasteiger partial charge in [-0.05, 0) is 35.3 Å². The van der Waals surface area contributed by atoms with Crippen LogP contribution in [0.5, 0.6) is 11.5 Å². The Morgan fingerprint density at radius 3 is 2.81 bits per heavy atom. The highest BCUT2D eigenvalue weighted by Crippen LogP contribution is 2.49. The number of rotatable bonds is 0. The minimum absolute atomic E-state index is 0.248. The topological polar surface area (TPSA) is 62.2 Å². The molecule has 21 heavy (non-hydrogen) atoms. The van der Waals surface area contributed by atoms with E-state index in [4.69, 9.17) is 9.47 Å². The van der Waals surface area contributed by atoms with Crippen LogP contribution in [-0.2, 0) is 6.54 Å². The Kier molecular flexibility index (Phi) is 2.29. The van der Waals surface area contributed by atoms with Crippen molar-refractivity contribution in [1.82, 2.24) is 4.90 Å². The molecule has 0 radical (unpaired) electrons. The zero-order valence-electron chi connectivity index (χ0n) is 11.5. The Balaban J connectivity index is 1.63. The molecule has 3 heterocycles. The minimum atomic E-state index is -0.741. The zero-order valence-corrected chi connectivity index (χ0v) is 11.5. The lowest BCUT2D eigenvalue weighted by Gasteiger charge is -2.31. The van der Waals surface area contributed by atoms with Crippen molar-refractivity contribution in [2.75, 3.05) is 13.3 Å². The molecular weight excluding hydrogens is 270 g/mol. The van der Waals surface area contributed by atoms with Crippen molar-refractivity contribution in [2.45, 2.75) is 37.1 Å². The molecule has 5 heteroatoms. The van der Waals surface area contributed by atoms with Crippen LogP contribution in [0.4, 0.5) is 0 Å². The molecule has 1 aromatic rings. The Hall–Kier alpha value is -1.56. The summed E-state index contributed by atoms with van der Waals surface area (Å²) >= 11 is 0. The van der Waals surface area contributed by atoms with Gasteiger partial charge in [0, 0.05) is 25.0 Å². The van der Waals surface area contributed by atoms with Gasteiger partial charge in [-0.2, -0.15) is 0 Å². The molecule has 2 N–H and O–H groups in total. The number of nitrogens with zero attached hydrogens (tertiary/aromatic N) is 1. The summed E-state index contributed by atoms with van der Waals surface area (Å²) in [6.45, 7) is 2.12. The molecule has 3 aliphatic heterocycles. The van der Waals surface area contributed by atoms with Crippen molar-refractivity contribution in [1.29, 1.82) is 0 Å². The molecule has 2 bridgehead atoms. The first-order chi connectivity index (χ1) is 10.2. The third kappa shape index (κ3) is 1.56. The summed E-state index contributed by atoms with van der Waals surface area (Å²) in [4.78, 5) is 2.40. The lowest BCUT2D eigenvalue weighted by molar-refractivity contribution is 0.0208. The lowest BCUT2D eigenvalue weighted by atomic mass is 9.82. The smallest absolute Gasteiger partial charge is 0.231 e. The van der Waals surface area contributed by atoms with Crippen molar-refractivity contribution < 1.29 is 19.7 Å². The largest absolute Gasteiger partial charge is 0.454 e. The minimum Gasteiger partial charge on any atom is -0.454 e. The van der Waals surface area contributed by atoms with Gasteiger partial charge in [0.05, 0.1) is 12.2 Å². The van der Waals surface area contributed by atoms with Crippen molar-refractivity contribution >= 4 is 0 Å². The van der Waals surface area contributed by atoms with E-state index in [2.05, 4.69) is 17.0 Å². The van der Waals surface area contributed by atoms with E-state index in [1.54, 1.807) is 0 Å². The van der Waals surface area contributed by atoms with Crippen LogP contribution in [0.15, 0.2) is 23.8 Å². The number of fused-ring (bicyclic) bond motifs is 8. The van der Waals surface area contributed by atoms with Crippen LogP contribution in [0, 0.1) is 0 Å². The summed E-state index contributed by atoms with van der Waals surface area (Å²) in [5, 5.41) is 19.9. The average Bonchev–Trinajstić information content (AvgIpc) is 3.03. The van der Waals surface area contributed by atoms with Gasteiger partial charge < -0.3 is 19.7 Å². The molecule has 5 atom stereocenters. The molecule has 0 saturated carbocycles. The molecule has 5 nitrogen and oxygen atoms in total. The van der Waals surface area contributed by atoms with E-state index in [-0.39, 0.29) is 6.04 Å². The molecule has 1 aliphatic carbocycles. The van der Waals surface area contributed by atoms with E-state index >= 15 is 0 Å². The van der Waals surface area contributed by atoms with E-state index in [0.717, 1.165) is 24.6 Å². The number of aliphatic hydroxyl groups is 2. The first-order valence-electron chi connectivity index (χ1n) is 7.45. The number of ether oxygens (including phenoxy) is 2. The van der Waals surface area contributed by atoms with Crippen molar-refractivity contribution in [2.24, 2.45) is 0 Å². The number of benzene rings is 1. The maximum Gasteiger partial charge on any atom is 0.231 e. The molecule has 0 amide bonds. The summed E-state index contributed by atoms with van der Waals surface area (Å²) in [6, 6.07) is 4.43. The predicted octanol–water partition coefficient (Wildman–Crippen LogP) is 0.749. The predicted molar refractivity (Wildman–Crippen MR) is 74.2 cm³/mol. The Morgan fingerprint density at radius 2 is 1.95 bits per heavy atom. The first-order valence-corrected chi connectivity index (χ1v) is 7.45. The molecule has 1 fully saturated rings. The fourth-order valence-corrected chi connectivity index (χ4v) is 4.23. The van der Waals surface area contributed by atoms with Crippen LogP contribution in [0.1, 0.15) is 23.5 Å². The van der Waals surface area contributed by atoms with Crippen LogP contribution in [-0.4, -0.2) is 46.7 Å². The summed E-state index contributed by atoms with van der Waals surface area (Å²) in [5.74, 6) is 1.95. The maximum absolute atomic E-state index is 9.96. The van der Waals surface area contributed by atoms with Gasteiger partial charge in [0.25, 0.3) is 0 Å². The second kappa shape index (κ2) is 4.00. The van der Waals surface area contributed by atoms with E-state index < -0.39 is 12.2 Å². The van der Waals surface area contributed by atoms with E-state index in [0.29, 0.717) is 19.1 Å². The second-order valence-electron chi connectivity index (χ2n) is 6.36. The maximum atomic E-state index is 9.96. The molecule has 1 unspecified atom stereocenters. The highest BCUT2D eigenvalue weighted by molar-refractivity contribution is 5.54. The van der Waals surface area contributed by atoms with Gasteiger partial charge >= 0.3 is 0 Å². The Bertz CT molecular complexity index is 656. The molecule has 4 aliphatic rings. The van der Waals surface area contributed by atoms with E-state index in [1.807, 2.05) is 6.08 Å². The molecule has 110 valence electrons. The van der Waals surface area contributed by atoms with Gasteiger partial charge in [-0.1, -0.05) is 6.08 Å². The van der Waals surface area contributed by atoms with Crippen molar-refractivity contribution in [3.63, 3.8) is 0 Å². The number of hydrogen-bond donors (Lipinski definition) is 2. The van der Waals surface area contributed by atoms with Gasteiger partial charge in [0.2, 0.25) is 6.79 Å². The molecule has 0 spiro atoms. The third-order valence-electron chi connectivity index (χ3n) is 5.25. The molecule has 1 saturated heterocycles. The SMILES string of the molecule is O[C@@H]1C=C2[C@@H](C[C@@H]1O)N1Cc3cc4c(cc3[C@H]2C1)OCO4. The van der Waals surface area contributed by atoms with E-state index in [9.17, 15) is 10.2 Å². The Morgan fingerprint density at radius 1 is 1.14 bits per heavy atom. The fourth-order valence-electron chi connectivity index (χ4n) is 4.23. The van der Waals surface area contributed by atoms with Crippen LogP contribution in [0.25, 0.3) is 0 Å². The van der Waals surface area contributed by atoms with Crippen molar-refractivity contribution in [3.05, 3.63) is 34.9 Å². The quantitative estimate of drug-likeness (QED) is 0.690. The molecule has 0 aromatic heterocycles. The van der Waals surface area contributed by atoms with Crippen LogP contribution < -0.4 is 9.47 Å².